The van der Waals surface area contributed by atoms with Gasteiger partial charge in [0.1, 0.15) is 5.75 Å². The van der Waals surface area contributed by atoms with Crippen molar-refractivity contribution in [1.29, 1.82) is 0 Å². The molecule has 0 saturated heterocycles. The number of nitrogens with two attached hydrogens (primary N) is 1. The van der Waals surface area contributed by atoms with Gasteiger partial charge in [0, 0.05) is 5.02 Å². The van der Waals surface area contributed by atoms with E-state index >= 15 is 0 Å². The van der Waals surface area contributed by atoms with Crippen LogP contribution in [-0.2, 0) is 0 Å². The van der Waals surface area contributed by atoms with E-state index in [-0.39, 0.29) is 6.04 Å². The van der Waals surface area contributed by atoms with Crippen molar-refractivity contribution in [2.75, 3.05) is 7.11 Å². The molecule has 0 spiro atoms. The zero-order valence-electron chi connectivity index (χ0n) is 11.0. The highest BCUT2D eigenvalue weighted by Gasteiger charge is 2.13. The first kappa shape index (κ1) is 13.9. The first-order valence-electron chi connectivity index (χ1n) is 6.02. The van der Waals surface area contributed by atoms with Crippen LogP contribution >= 0.6 is 11.6 Å². The average molecular weight is 277 g/mol. The fourth-order valence-corrected chi connectivity index (χ4v) is 2.15. The van der Waals surface area contributed by atoms with Crippen molar-refractivity contribution in [3.05, 3.63) is 64.2 Å². The molecule has 19 heavy (non-hydrogen) atoms. The lowest BCUT2D eigenvalue weighted by atomic mass is 9.98. The van der Waals surface area contributed by atoms with Crippen LogP contribution in [0.5, 0.6) is 5.75 Å². The molecule has 0 fully saturated rings. The molecule has 3 N–H and O–H groups in total. The molecule has 2 aromatic rings. The Balaban J connectivity index is 2.34. The largest absolute Gasteiger partial charge is 0.497 e. The van der Waals surface area contributed by atoms with Crippen LogP contribution in [0.3, 0.4) is 0 Å². The molecule has 0 aliphatic heterocycles. The Kier molecular flexibility index (Phi) is 4.43. The van der Waals surface area contributed by atoms with Gasteiger partial charge in [-0.25, -0.2) is 5.43 Å². The van der Waals surface area contributed by atoms with Gasteiger partial charge >= 0.3 is 0 Å². The summed E-state index contributed by atoms with van der Waals surface area (Å²) in [5.41, 5.74) is 6.02. The number of hydrazine groups is 1. The zero-order valence-corrected chi connectivity index (χ0v) is 11.7. The maximum absolute atomic E-state index is 6.05. The molecule has 100 valence electrons. The number of benzene rings is 2. The van der Waals surface area contributed by atoms with Crippen LogP contribution in [0.25, 0.3) is 0 Å². The van der Waals surface area contributed by atoms with Crippen molar-refractivity contribution in [2.24, 2.45) is 5.84 Å². The second-order valence-corrected chi connectivity index (χ2v) is 4.79. The number of ether oxygens (including phenoxy) is 1. The number of nitrogens with one attached hydrogen (secondary N) is 1. The van der Waals surface area contributed by atoms with Crippen LogP contribution < -0.4 is 16.0 Å². The molecule has 0 aliphatic carbocycles. The third-order valence-corrected chi connectivity index (χ3v) is 3.56. The molecule has 0 saturated carbocycles. The summed E-state index contributed by atoms with van der Waals surface area (Å²) in [5, 5.41) is 0.759. The molecule has 1 unspecified atom stereocenters. The number of hydrogen-bond donors (Lipinski definition) is 2. The summed E-state index contributed by atoms with van der Waals surface area (Å²) >= 11 is 6.05. The van der Waals surface area contributed by atoms with Crippen molar-refractivity contribution < 1.29 is 4.74 Å². The first-order valence-corrected chi connectivity index (χ1v) is 6.39. The molecule has 0 heterocycles. The molecule has 3 nitrogen and oxygen atoms in total. The van der Waals surface area contributed by atoms with E-state index in [2.05, 4.69) is 5.43 Å². The summed E-state index contributed by atoms with van der Waals surface area (Å²) in [6, 6.07) is 13.7. The van der Waals surface area contributed by atoms with Crippen molar-refractivity contribution in [1.82, 2.24) is 5.43 Å². The third-order valence-electron chi connectivity index (χ3n) is 3.13. The normalized spacial score (nSPS) is 12.2. The topological polar surface area (TPSA) is 47.3 Å². The number of rotatable bonds is 4. The van der Waals surface area contributed by atoms with Gasteiger partial charge in [0.2, 0.25) is 0 Å². The lowest BCUT2D eigenvalue weighted by Crippen LogP contribution is -2.28. The molecular formula is C15H17ClN2O. The SMILES string of the molecule is COc1ccc(C(NN)c2ccc(Cl)c(C)c2)cc1. The van der Waals surface area contributed by atoms with Crippen molar-refractivity contribution in [3.63, 3.8) is 0 Å². The Morgan fingerprint density at radius 1 is 1.11 bits per heavy atom. The molecule has 2 rings (SSSR count). The molecule has 1 atom stereocenters. The smallest absolute Gasteiger partial charge is 0.118 e. The van der Waals surface area contributed by atoms with Gasteiger partial charge in [0.25, 0.3) is 0 Å². The number of halogens is 1. The number of methoxy groups -OCH3 is 1. The Morgan fingerprint density at radius 2 is 1.74 bits per heavy atom. The molecule has 4 heteroatoms. The minimum absolute atomic E-state index is 0.0677. The van der Waals surface area contributed by atoms with E-state index in [0.29, 0.717) is 0 Å². The Bertz CT molecular complexity index is 555. The molecular weight excluding hydrogens is 260 g/mol. The molecule has 0 aromatic heterocycles. The predicted octanol–water partition coefficient (Wildman–Crippen LogP) is 3.21. The zero-order chi connectivity index (χ0) is 13.8. The predicted molar refractivity (Wildman–Crippen MR) is 78.3 cm³/mol. The average Bonchev–Trinajstić information content (AvgIpc) is 2.44. The van der Waals surface area contributed by atoms with Gasteiger partial charge in [-0.3, -0.25) is 5.84 Å². The summed E-state index contributed by atoms with van der Waals surface area (Å²) in [7, 11) is 1.65. The van der Waals surface area contributed by atoms with E-state index in [4.69, 9.17) is 22.2 Å². The van der Waals surface area contributed by atoms with Crippen molar-refractivity contribution in [3.8, 4) is 5.75 Å². The Labute approximate surface area is 118 Å². The maximum Gasteiger partial charge on any atom is 0.118 e. The van der Waals surface area contributed by atoms with E-state index in [1.165, 1.54) is 0 Å². The number of aryl methyl sites for hydroxylation is 1. The lowest BCUT2D eigenvalue weighted by molar-refractivity contribution is 0.414. The monoisotopic (exact) mass is 276 g/mol. The van der Waals surface area contributed by atoms with E-state index in [9.17, 15) is 0 Å². The quantitative estimate of drug-likeness (QED) is 0.666. The summed E-state index contributed by atoms with van der Waals surface area (Å²) in [6.07, 6.45) is 0. The standard InChI is InChI=1S/C15H17ClN2O/c1-10-9-12(5-8-14(10)16)15(18-17)11-3-6-13(19-2)7-4-11/h3-9,15,18H,17H2,1-2H3. The van der Waals surface area contributed by atoms with Crippen LogP contribution in [-0.4, -0.2) is 7.11 Å². The summed E-state index contributed by atoms with van der Waals surface area (Å²) in [5.74, 6) is 6.51. The highest BCUT2D eigenvalue weighted by Crippen LogP contribution is 2.26. The second kappa shape index (κ2) is 6.06. The molecule has 0 radical (unpaired) electrons. The first-order chi connectivity index (χ1) is 9.15. The Morgan fingerprint density at radius 3 is 2.26 bits per heavy atom. The lowest BCUT2D eigenvalue weighted by Gasteiger charge is -2.18. The number of hydrogen-bond acceptors (Lipinski definition) is 3. The Hall–Kier alpha value is -1.55. The fourth-order valence-electron chi connectivity index (χ4n) is 2.03. The van der Waals surface area contributed by atoms with E-state index in [1.807, 2.05) is 49.4 Å². The van der Waals surface area contributed by atoms with E-state index in [1.54, 1.807) is 7.11 Å². The van der Waals surface area contributed by atoms with Crippen LogP contribution in [0.2, 0.25) is 5.02 Å². The highest BCUT2D eigenvalue weighted by atomic mass is 35.5. The molecule has 0 bridgehead atoms. The van der Waals surface area contributed by atoms with E-state index in [0.717, 1.165) is 27.5 Å². The second-order valence-electron chi connectivity index (χ2n) is 4.38. The van der Waals surface area contributed by atoms with Gasteiger partial charge in [-0.2, -0.15) is 0 Å². The summed E-state index contributed by atoms with van der Waals surface area (Å²) in [6.45, 7) is 1.98. The fraction of sp³-hybridized carbons (Fsp3) is 0.200. The summed E-state index contributed by atoms with van der Waals surface area (Å²) < 4.78 is 5.15. The van der Waals surface area contributed by atoms with Crippen LogP contribution in [0.4, 0.5) is 0 Å². The van der Waals surface area contributed by atoms with Crippen LogP contribution in [0, 0.1) is 6.92 Å². The van der Waals surface area contributed by atoms with Gasteiger partial charge in [0.15, 0.2) is 0 Å². The van der Waals surface area contributed by atoms with Gasteiger partial charge < -0.3 is 4.74 Å². The van der Waals surface area contributed by atoms with Gasteiger partial charge in [0.05, 0.1) is 13.2 Å². The van der Waals surface area contributed by atoms with Gasteiger partial charge in [-0.05, 0) is 41.8 Å². The van der Waals surface area contributed by atoms with E-state index < -0.39 is 0 Å². The van der Waals surface area contributed by atoms with Crippen molar-refractivity contribution >= 4 is 11.6 Å². The molecule has 2 aromatic carbocycles. The van der Waals surface area contributed by atoms with Gasteiger partial charge in [-0.1, -0.05) is 35.9 Å². The minimum Gasteiger partial charge on any atom is -0.497 e. The third kappa shape index (κ3) is 3.07. The molecule has 0 amide bonds. The minimum atomic E-state index is -0.0677. The van der Waals surface area contributed by atoms with Crippen LogP contribution in [0.1, 0.15) is 22.7 Å². The maximum atomic E-state index is 6.05. The molecule has 0 aliphatic rings. The highest BCUT2D eigenvalue weighted by molar-refractivity contribution is 6.31. The van der Waals surface area contributed by atoms with Crippen LogP contribution in [0.15, 0.2) is 42.5 Å². The van der Waals surface area contributed by atoms with Gasteiger partial charge in [-0.15, -0.1) is 0 Å². The van der Waals surface area contributed by atoms with Crippen molar-refractivity contribution in [2.45, 2.75) is 13.0 Å². The summed E-state index contributed by atoms with van der Waals surface area (Å²) in [4.78, 5) is 0.